The van der Waals surface area contributed by atoms with E-state index in [4.69, 9.17) is 11.6 Å². The molecule has 0 aromatic heterocycles. The molecule has 16 heavy (non-hydrogen) atoms. The van der Waals surface area contributed by atoms with Crippen molar-refractivity contribution in [3.05, 3.63) is 35.9 Å². The van der Waals surface area contributed by atoms with Gasteiger partial charge in [0.05, 0.1) is 0 Å². The molecule has 5 heteroatoms. The van der Waals surface area contributed by atoms with Crippen LogP contribution in [0.5, 0.6) is 0 Å². The largest absolute Gasteiger partial charge is 0.385 e. The van der Waals surface area contributed by atoms with E-state index in [-0.39, 0.29) is 5.75 Å². The summed E-state index contributed by atoms with van der Waals surface area (Å²) < 4.78 is 21.8. The van der Waals surface area contributed by atoms with Crippen LogP contribution in [0.3, 0.4) is 0 Å². The molecule has 0 aliphatic rings. The lowest BCUT2D eigenvalue weighted by molar-refractivity contribution is 0.162. The summed E-state index contributed by atoms with van der Waals surface area (Å²) in [6.45, 7) is 2.83. The number of aliphatic hydroxyl groups excluding tert-OH is 1. The molecular weight excluding hydrogens is 248 g/mol. The van der Waals surface area contributed by atoms with Gasteiger partial charge in [-0.25, -0.2) is 8.42 Å². The van der Waals surface area contributed by atoms with Crippen LogP contribution in [0.25, 0.3) is 0 Å². The number of hydrogen-bond donors (Lipinski definition) is 1. The van der Waals surface area contributed by atoms with E-state index in [2.05, 4.69) is 0 Å². The molecule has 3 nitrogen and oxygen atoms in total. The second kappa shape index (κ2) is 4.73. The van der Waals surface area contributed by atoms with Gasteiger partial charge >= 0.3 is 0 Å². The maximum atomic E-state index is 11.7. The molecule has 0 fully saturated rings. The first-order valence-corrected chi connectivity index (χ1v) is 7.00. The van der Waals surface area contributed by atoms with E-state index >= 15 is 0 Å². The Labute approximate surface area is 101 Å². The summed E-state index contributed by atoms with van der Waals surface area (Å²) in [6.07, 6.45) is -1.24. The second-order valence-corrected chi connectivity index (χ2v) is 7.37. The lowest BCUT2D eigenvalue weighted by Gasteiger charge is -2.27. The van der Waals surface area contributed by atoms with Crippen molar-refractivity contribution in [1.82, 2.24) is 0 Å². The SMILES string of the molecule is CCS(=O)(=O)[C@](C)(Cl)[C@@H](O)c1ccccc1. The third-order valence-corrected chi connectivity index (χ3v) is 5.70. The minimum absolute atomic E-state index is 0.100. The van der Waals surface area contributed by atoms with Gasteiger partial charge in [-0.2, -0.15) is 0 Å². The molecule has 0 heterocycles. The van der Waals surface area contributed by atoms with Gasteiger partial charge in [-0.15, -0.1) is 0 Å². The number of aliphatic hydroxyl groups is 1. The monoisotopic (exact) mass is 262 g/mol. The number of halogens is 1. The van der Waals surface area contributed by atoms with E-state index in [0.29, 0.717) is 5.56 Å². The Morgan fingerprint density at radius 2 is 1.88 bits per heavy atom. The van der Waals surface area contributed by atoms with Crippen molar-refractivity contribution in [2.75, 3.05) is 5.75 Å². The van der Waals surface area contributed by atoms with Crippen LogP contribution in [0.1, 0.15) is 25.5 Å². The van der Waals surface area contributed by atoms with Gasteiger partial charge in [-0.3, -0.25) is 0 Å². The van der Waals surface area contributed by atoms with Crippen LogP contribution >= 0.6 is 11.6 Å². The zero-order valence-electron chi connectivity index (χ0n) is 9.22. The van der Waals surface area contributed by atoms with Gasteiger partial charge in [0.15, 0.2) is 14.0 Å². The number of hydrogen-bond acceptors (Lipinski definition) is 3. The van der Waals surface area contributed by atoms with Crippen LogP contribution in [0.15, 0.2) is 30.3 Å². The summed E-state index contributed by atoms with van der Waals surface area (Å²) in [7, 11) is -3.53. The van der Waals surface area contributed by atoms with Gasteiger partial charge in [0.25, 0.3) is 0 Å². The summed E-state index contributed by atoms with van der Waals surface area (Å²) in [5, 5.41) is 10.0. The van der Waals surface area contributed by atoms with Gasteiger partial charge in [0.1, 0.15) is 6.10 Å². The zero-order valence-corrected chi connectivity index (χ0v) is 10.8. The Kier molecular flexibility index (Phi) is 3.99. The van der Waals surface area contributed by atoms with E-state index < -0.39 is 20.1 Å². The van der Waals surface area contributed by atoms with Crippen molar-refractivity contribution in [2.45, 2.75) is 24.2 Å². The lowest BCUT2D eigenvalue weighted by Crippen LogP contribution is -2.37. The van der Waals surface area contributed by atoms with Crippen molar-refractivity contribution < 1.29 is 13.5 Å². The average Bonchev–Trinajstić information content (AvgIpc) is 2.29. The van der Waals surface area contributed by atoms with Crippen molar-refractivity contribution in [3.8, 4) is 0 Å². The maximum Gasteiger partial charge on any atom is 0.172 e. The van der Waals surface area contributed by atoms with Crippen LogP contribution in [0.4, 0.5) is 0 Å². The molecule has 0 saturated heterocycles. The second-order valence-electron chi connectivity index (χ2n) is 3.70. The minimum Gasteiger partial charge on any atom is -0.385 e. The Hall–Kier alpha value is -0.580. The molecule has 1 N–H and O–H groups in total. The molecule has 0 unspecified atom stereocenters. The van der Waals surface area contributed by atoms with Crippen molar-refractivity contribution in [2.24, 2.45) is 0 Å². The fraction of sp³-hybridized carbons (Fsp3) is 0.455. The van der Waals surface area contributed by atoms with E-state index in [1.165, 1.54) is 13.8 Å². The summed E-state index contributed by atoms with van der Waals surface area (Å²) in [6, 6.07) is 8.54. The molecule has 0 aliphatic heterocycles. The van der Waals surface area contributed by atoms with E-state index in [9.17, 15) is 13.5 Å². The first kappa shape index (κ1) is 13.5. The molecule has 1 rings (SSSR count). The molecule has 0 spiro atoms. The number of benzene rings is 1. The standard InChI is InChI=1S/C11H15ClO3S/c1-3-16(14,15)11(2,12)10(13)9-7-5-4-6-8-9/h4-8,10,13H,3H2,1-2H3/t10-,11-/m0/s1. The van der Waals surface area contributed by atoms with Gasteiger partial charge in [-0.05, 0) is 12.5 Å². The predicted molar refractivity (Wildman–Crippen MR) is 65.1 cm³/mol. The van der Waals surface area contributed by atoms with E-state index in [1.807, 2.05) is 0 Å². The quantitative estimate of drug-likeness (QED) is 0.846. The molecule has 1 aromatic carbocycles. The van der Waals surface area contributed by atoms with Crippen LogP contribution in [-0.4, -0.2) is 23.5 Å². The highest BCUT2D eigenvalue weighted by molar-refractivity contribution is 7.94. The number of alkyl halides is 1. The van der Waals surface area contributed by atoms with Gasteiger partial charge in [0.2, 0.25) is 0 Å². The average molecular weight is 263 g/mol. The smallest absolute Gasteiger partial charge is 0.172 e. The lowest BCUT2D eigenvalue weighted by atomic mass is 10.1. The van der Waals surface area contributed by atoms with E-state index in [0.717, 1.165) is 0 Å². The summed E-state index contributed by atoms with van der Waals surface area (Å²) in [5.41, 5.74) is 0.497. The Morgan fingerprint density at radius 3 is 2.31 bits per heavy atom. The molecule has 0 bridgehead atoms. The van der Waals surface area contributed by atoms with Crippen LogP contribution < -0.4 is 0 Å². The van der Waals surface area contributed by atoms with Crippen molar-refractivity contribution >= 4 is 21.4 Å². The summed E-state index contributed by atoms with van der Waals surface area (Å²) in [5.74, 6) is -0.100. The fourth-order valence-corrected chi connectivity index (χ4v) is 2.88. The zero-order chi connectivity index (χ0) is 12.4. The Morgan fingerprint density at radius 1 is 1.38 bits per heavy atom. The molecular formula is C11H15ClO3S. The van der Waals surface area contributed by atoms with Crippen LogP contribution in [-0.2, 0) is 9.84 Å². The normalized spacial score (nSPS) is 17.8. The molecule has 0 aliphatic carbocycles. The predicted octanol–water partition coefficient (Wildman–Crippen LogP) is 2.11. The number of sulfone groups is 1. The third-order valence-electron chi connectivity index (χ3n) is 2.59. The highest BCUT2D eigenvalue weighted by atomic mass is 35.5. The highest BCUT2D eigenvalue weighted by Crippen LogP contribution is 2.36. The molecule has 0 saturated carbocycles. The van der Waals surface area contributed by atoms with Gasteiger partial charge in [0, 0.05) is 5.75 Å². The molecule has 2 atom stereocenters. The summed E-state index contributed by atoms with van der Waals surface area (Å²) >= 11 is 5.98. The van der Waals surface area contributed by atoms with Crippen molar-refractivity contribution in [1.29, 1.82) is 0 Å². The fourth-order valence-electron chi connectivity index (χ4n) is 1.39. The van der Waals surface area contributed by atoms with Gasteiger partial charge < -0.3 is 5.11 Å². The third kappa shape index (κ3) is 2.39. The number of rotatable bonds is 4. The first-order chi connectivity index (χ1) is 7.33. The molecule has 0 amide bonds. The van der Waals surface area contributed by atoms with Crippen molar-refractivity contribution in [3.63, 3.8) is 0 Å². The summed E-state index contributed by atoms with van der Waals surface area (Å²) in [4.78, 5) is 0. The highest BCUT2D eigenvalue weighted by Gasteiger charge is 2.43. The maximum absolute atomic E-state index is 11.7. The van der Waals surface area contributed by atoms with Gasteiger partial charge in [-0.1, -0.05) is 48.9 Å². The molecule has 0 radical (unpaired) electrons. The Bertz CT molecular complexity index is 440. The van der Waals surface area contributed by atoms with Crippen LogP contribution in [0, 0.1) is 0 Å². The first-order valence-electron chi connectivity index (χ1n) is 4.97. The molecule has 1 aromatic rings. The molecule has 90 valence electrons. The van der Waals surface area contributed by atoms with Crippen LogP contribution in [0.2, 0.25) is 0 Å². The minimum atomic E-state index is -3.53. The topological polar surface area (TPSA) is 54.4 Å². The Balaban J connectivity index is 3.11. The van der Waals surface area contributed by atoms with E-state index in [1.54, 1.807) is 30.3 Å².